The van der Waals surface area contributed by atoms with Gasteiger partial charge in [-0.1, -0.05) is 30.0 Å². The van der Waals surface area contributed by atoms with Crippen molar-refractivity contribution in [3.8, 4) is 11.4 Å². The minimum Gasteiger partial charge on any atom is -0.494 e. The average molecular weight is 343 g/mol. The SMILES string of the molecule is COc1ccc(C(=O)CSc2ncn(-c3ccccc3)n2)cc1F. The molecule has 0 bridgehead atoms. The van der Waals surface area contributed by atoms with Crippen molar-refractivity contribution >= 4 is 17.5 Å². The number of rotatable bonds is 6. The molecule has 5 nitrogen and oxygen atoms in total. The van der Waals surface area contributed by atoms with E-state index in [1.807, 2.05) is 30.3 Å². The summed E-state index contributed by atoms with van der Waals surface area (Å²) in [7, 11) is 1.38. The summed E-state index contributed by atoms with van der Waals surface area (Å²) in [6.45, 7) is 0. The first-order chi connectivity index (χ1) is 11.7. The zero-order chi connectivity index (χ0) is 16.9. The summed E-state index contributed by atoms with van der Waals surface area (Å²) in [5, 5.41) is 4.80. The molecule has 0 aliphatic carbocycles. The first-order valence-corrected chi connectivity index (χ1v) is 8.12. The third kappa shape index (κ3) is 3.62. The second-order valence-corrected chi connectivity index (χ2v) is 5.81. The maximum absolute atomic E-state index is 13.7. The number of benzene rings is 2. The highest BCUT2D eigenvalue weighted by Gasteiger charge is 2.12. The third-order valence-electron chi connectivity index (χ3n) is 3.30. The molecular formula is C17H14FN3O2S. The smallest absolute Gasteiger partial charge is 0.209 e. The molecule has 0 aliphatic rings. The van der Waals surface area contributed by atoms with Crippen LogP contribution in [0.15, 0.2) is 60.0 Å². The Morgan fingerprint density at radius 1 is 1.25 bits per heavy atom. The van der Waals surface area contributed by atoms with Gasteiger partial charge in [0, 0.05) is 5.56 Å². The Balaban J connectivity index is 1.65. The molecule has 122 valence electrons. The molecule has 0 spiro atoms. The first-order valence-electron chi connectivity index (χ1n) is 7.14. The molecule has 0 amide bonds. The van der Waals surface area contributed by atoms with E-state index in [9.17, 15) is 9.18 Å². The van der Waals surface area contributed by atoms with Crippen molar-refractivity contribution in [2.24, 2.45) is 0 Å². The minimum atomic E-state index is -0.556. The number of hydrogen-bond donors (Lipinski definition) is 0. The van der Waals surface area contributed by atoms with Gasteiger partial charge in [0.05, 0.1) is 18.6 Å². The fraction of sp³-hybridized carbons (Fsp3) is 0.118. The molecule has 7 heteroatoms. The number of carbonyl (C=O) groups excluding carboxylic acids is 1. The molecule has 0 atom stereocenters. The Morgan fingerprint density at radius 2 is 2.04 bits per heavy atom. The Kier molecular flexibility index (Phi) is 4.90. The van der Waals surface area contributed by atoms with E-state index in [-0.39, 0.29) is 17.3 Å². The highest BCUT2D eigenvalue weighted by Crippen LogP contribution is 2.20. The molecule has 1 aromatic heterocycles. The van der Waals surface area contributed by atoms with Crippen LogP contribution in [0.25, 0.3) is 5.69 Å². The number of aromatic nitrogens is 3. The van der Waals surface area contributed by atoms with Crippen LogP contribution < -0.4 is 4.74 Å². The normalized spacial score (nSPS) is 10.6. The largest absolute Gasteiger partial charge is 0.494 e. The van der Waals surface area contributed by atoms with Gasteiger partial charge in [0.2, 0.25) is 5.16 Å². The predicted molar refractivity (Wildman–Crippen MR) is 89.4 cm³/mol. The zero-order valence-corrected chi connectivity index (χ0v) is 13.7. The highest BCUT2D eigenvalue weighted by molar-refractivity contribution is 7.99. The molecule has 2 aromatic carbocycles. The van der Waals surface area contributed by atoms with Crippen LogP contribution >= 0.6 is 11.8 Å². The van der Waals surface area contributed by atoms with Crippen molar-refractivity contribution in [2.45, 2.75) is 5.16 Å². The van der Waals surface area contributed by atoms with Gasteiger partial charge in [-0.2, -0.15) is 0 Å². The second kappa shape index (κ2) is 7.27. The predicted octanol–water partition coefficient (Wildman–Crippen LogP) is 3.39. The Labute approximate surface area is 142 Å². The molecule has 3 rings (SSSR count). The van der Waals surface area contributed by atoms with Crippen LogP contribution in [-0.2, 0) is 0 Å². The number of nitrogens with zero attached hydrogens (tertiary/aromatic N) is 3. The molecule has 0 radical (unpaired) electrons. The molecule has 0 unspecified atom stereocenters. The van der Waals surface area contributed by atoms with Gasteiger partial charge in [0.25, 0.3) is 0 Å². The minimum absolute atomic E-state index is 0.113. The number of hydrogen-bond acceptors (Lipinski definition) is 5. The molecule has 1 heterocycles. The van der Waals surface area contributed by atoms with Crippen LogP contribution in [-0.4, -0.2) is 33.4 Å². The summed E-state index contributed by atoms with van der Waals surface area (Å²) in [6, 6.07) is 13.7. The van der Waals surface area contributed by atoms with Crippen molar-refractivity contribution in [3.05, 3.63) is 66.2 Å². The second-order valence-electron chi connectivity index (χ2n) is 4.87. The number of para-hydroxylation sites is 1. The van der Waals surface area contributed by atoms with E-state index >= 15 is 0 Å². The monoisotopic (exact) mass is 343 g/mol. The maximum atomic E-state index is 13.7. The summed E-state index contributed by atoms with van der Waals surface area (Å²) in [4.78, 5) is 16.3. The zero-order valence-electron chi connectivity index (χ0n) is 12.8. The van der Waals surface area contributed by atoms with E-state index in [0.29, 0.717) is 10.7 Å². The van der Waals surface area contributed by atoms with E-state index in [1.165, 1.54) is 31.0 Å². The van der Waals surface area contributed by atoms with Gasteiger partial charge in [-0.3, -0.25) is 4.79 Å². The average Bonchev–Trinajstić information content (AvgIpc) is 3.09. The molecule has 0 saturated carbocycles. The van der Waals surface area contributed by atoms with Gasteiger partial charge in [0.1, 0.15) is 6.33 Å². The van der Waals surface area contributed by atoms with Crippen molar-refractivity contribution in [1.29, 1.82) is 0 Å². The van der Waals surface area contributed by atoms with Crippen LogP contribution in [0.1, 0.15) is 10.4 Å². The first kappa shape index (κ1) is 16.2. The van der Waals surface area contributed by atoms with Crippen molar-refractivity contribution in [2.75, 3.05) is 12.9 Å². The lowest BCUT2D eigenvalue weighted by Gasteiger charge is -2.04. The highest BCUT2D eigenvalue weighted by atomic mass is 32.2. The molecular weight excluding hydrogens is 329 g/mol. The number of ketones is 1. The van der Waals surface area contributed by atoms with Gasteiger partial charge in [-0.05, 0) is 30.3 Å². The lowest BCUT2D eigenvalue weighted by molar-refractivity contribution is 0.102. The molecule has 0 aliphatic heterocycles. The Morgan fingerprint density at radius 3 is 2.75 bits per heavy atom. The molecule has 0 saturated heterocycles. The number of thioether (sulfide) groups is 1. The van der Waals surface area contributed by atoms with E-state index < -0.39 is 5.82 Å². The van der Waals surface area contributed by atoms with Gasteiger partial charge in [-0.15, -0.1) is 5.10 Å². The van der Waals surface area contributed by atoms with Crippen LogP contribution in [0.2, 0.25) is 0 Å². The fourth-order valence-electron chi connectivity index (χ4n) is 2.07. The summed E-state index contributed by atoms with van der Waals surface area (Å²) in [5.74, 6) is -0.509. The molecule has 24 heavy (non-hydrogen) atoms. The van der Waals surface area contributed by atoms with E-state index in [0.717, 1.165) is 5.69 Å². The summed E-state index contributed by atoms with van der Waals surface area (Å²) in [5.41, 5.74) is 1.18. The van der Waals surface area contributed by atoms with Crippen LogP contribution in [0.3, 0.4) is 0 Å². The fourth-order valence-corrected chi connectivity index (χ4v) is 2.77. The van der Waals surface area contributed by atoms with E-state index in [2.05, 4.69) is 10.1 Å². The lowest BCUT2D eigenvalue weighted by Crippen LogP contribution is -2.04. The van der Waals surface area contributed by atoms with Crippen molar-refractivity contribution in [1.82, 2.24) is 14.8 Å². The van der Waals surface area contributed by atoms with Gasteiger partial charge >= 0.3 is 0 Å². The molecule has 3 aromatic rings. The topological polar surface area (TPSA) is 57.0 Å². The van der Waals surface area contributed by atoms with E-state index in [4.69, 9.17) is 4.74 Å². The van der Waals surface area contributed by atoms with Crippen molar-refractivity contribution in [3.63, 3.8) is 0 Å². The summed E-state index contributed by atoms with van der Waals surface area (Å²) >= 11 is 1.21. The molecule has 0 N–H and O–H groups in total. The van der Waals surface area contributed by atoms with Crippen LogP contribution in [0.4, 0.5) is 4.39 Å². The quantitative estimate of drug-likeness (QED) is 0.507. The number of methoxy groups -OCH3 is 1. The van der Waals surface area contributed by atoms with Crippen molar-refractivity contribution < 1.29 is 13.9 Å². The van der Waals surface area contributed by atoms with Gasteiger partial charge in [-0.25, -0.2) is 14.1 Å². The maximum Gasteiger partial charge on any atom is 0.209 e. The van der Waals surface area contributed by atoms with Gasteiger partial charge < -0.3 is 4.74 Å². The lowest BCUT2D eigenvalue weighted by atomic mass is 10.1. The van der Waals surface area contributed by atoms with Gasteiger partial charge in [0.15, 0.2) is 17.3 Å². The number of halogens is 1. The summed E-state index contributed by atoms with van der Waals surface area (Å²) in [6.07, 6.45) is 1.59. The molecule has 0 fully saturated rings. The Hall–Kier alpha value is -2.67. The number of ether oxygens (including phenoxy) is 1. The van der Waals surface area contributed by atoms with Crippen LogP contribution in [0, 0.1) is 5.82 Å². The third-order valence-corrected chi connectivity index (χ3v) is 4.15. The standard InChI is InChI=1S/C17H14FN3O2S/c1-23-16-8-7-12(9-14(16)18)15(22)10-24-17-19-11-21(20-17)13-5-3-2-4-6-13/h2-9,11H,10H2,1H3. The number of Topliss-reactive ketones (excluding diaryl/α,β-unsaturated/α-hetero) is 1. The van der Waals surface area contributed by atoms with Crippen LogP contribution in [0.5, 0.6) is 5.75 Å². The summed E-state index contributed by atoms with van der Waals surface area (Å²) < 4.78 is 20.1. The Bertz CT molecular complexity index is 852. The van der Waals surface area contributed by atoms with E-state index in [1.54, 1.807) is 17.1 Å². The number of carbonyl (C=O) groups is 1.